The van der Waals surface area contributed by atoms with Crippen LogP contribution in [0, 0.1) is 0 Å². The number of carbonyl (C=O) groups is 2. The van der Waals surface area contributed by atoms with E-state index in [9.17, 15) is 9.59 Å². The maximum atomic E-state index is 11.9. The lowest BCUT2D eigenvalue weighted by Crippen LogP contribution is -2.40. The SMILES string of the molecule is CCNC(=O)CN(CC)C(=O)CCc1ccco1. The number of carbonyl (C=O) groups excluding carboxylic acids is 2. The number of hydrogen-bond acceptors (Lipinski definition) is 3. The summed E-state index contributed by atoms with van der Waals surface area (Å²) in [6.45, 7) is 4.96. The zero-order chi connectivity index (χ0) is 13.4. The van der Waals surface area contributed by atoms with E-state index in [1.807, 2.05) is 19.9 Å². The lowest BCUT2D eigenvalue weighted by atomic mass is 10.2. The number of amides is 2. The minimum Gasteiger partial charge on any atom is -0.469 e. The minimum atomic E-state index is -0.120. The molecule has 18 heavy (non-hydrogen) atoms. The first kappa shape index (κ1) is 14.3. The van der Waals surface area contributed by atoms with Gasteiger partial charge in [-0.2, -0.15) is 0 Å². The minimum absolute atomic E-state index is 0.0276. The second-order valence-corrected chi connectivity index (χ2v) is 3.94. The predicted molar refractivity (Wildman–Crippen MR) is 68.0 cm³/mol. The largest absolute Gasteiger partial charge is 0.469 e. The van der Waals surface area contributed by atoms with Gasteiger partial charge in [-0.15, -0.1) is 0 Å². The average molecular weight is 252 g/mol. The molecular formula is C13H20N2O3. The van der Waals surface area contributed by atoms with Gasteiger partial charge in [0.2, 0.25) is 11.8 Å². The number of rotatable bonds is 7. The maximum absolute atomic E-state index is 11.9. The van der Waals surface area contributed by atoms with Crippen LogP contribution >= 0.6 is 0 Å². The van der Waals surface area contributed by atoms with Crippen molar-refractivity contribution in [2.75, 3.05) is 19.6 Å². The van der Waals surface area contributed by atoms with E-state index in [1.54, 1.807) is 17.2 Å². The van der Waals surface area contributed by atoms with Crippen LogP contribution in [0.25, 0.3) is 0 Å². The monoisotopic (exact) mass is 252 g/mol. The van der Waals surface area contributed by atoms with Gasteiger partial charge in [0.25, 0.3) is 0 Å². The van der Waals surface area contributed by atoms with E-state index in [2.05, 4.69) is 5.32 Å². The van der Waals surface area contributed by atoms with Crippen LogP contribution in [-0.4, -0.2) is 36.3 Å². The molecule has 0 atom stereocenters. The molecule has 0 saturated heterocycles. The Morgan fingerprint density at radius 2 is 2.17 bits per heavy atom. The molecule has 1 N–H and O–H groups in total. The third-order valence-corrected chi connectivity index (χ3v) is 2.61. The number of aryl methyl sites for hydroxylation is 1. The number of nitrogens with one attached hydrogen (secondary N) is 1. The highest BCUT2D eigenvalue weighted by atomic mass is 16.3. The van der Waals surface area contributed by atoms with Gasteiger partial charge in [-0.05, 0) is 26.0 Å². The normalized spacial score (nSPS) is 10.1. The van der Waals surface area contributed by atoms with E-state index in [-0.39, 0.29) is 18.4 Å². The van der Waals surface area contributed by atoms with E-state index in [0.29, 0.717) is 25.9 Å². The van der Waals surface area contributed by atoms with Crippen molar-refractivity contribution in [1.29, 1.82) is 0 Å². The highest BCUT2D eigenvalue weighted by molar-refractivity contribution is 5.84. The third kappa shape index (κ3) is 4.61. The van der Waals surface area contributed by atoms with E-state index in [4.69, 9.17) is 4.42 Å². The zero-order valence-electron chi connectivity index (χ0n) is 10.9. The molecule has 0 aliphatic rings. The molecule has 0 fully saturated rings. The summed E-state index contributed by atoms with van der Waals surface area (Å²) >= 11 is 0. The molecule has 0 radical (unpaired) electrons. The van der Waals surface area contributed by atoms with Crippen molar-refractivity contribution >= 4 is 11.8 Å². The zero-order valence-corrected chi connectivity index (χ0v) is 10.9. The molecule has 0 saturated carbocycles. The Morgan fingerprint density at radius 3 is 2.72 bits per heavy atom. The molecule has 1 rings (SSSR count). The summed E-state index contributed by atoms with van der Waals surface area (Å²) in [7, 11) is 0. The molecule has 0 unspecified atom stereocenters. The van der Waals surface area contributed by atoms with Gasteiger partial charge in [0.05, 0.1) is 12.8 Å². The second kappa shape index (κ2) is 7.53. The first-order valence-corrected chi connectivity index (χ1v) is 6.24. The van der Waals surface area contributed by atoms with Gasteiger partial charge in [-0.3, -0.25) is 9.59 Å². The number of likely N-dealkylation sites (N-methyl/N-ethyl adjacent to an activating group) is 2. The lowest BCUT2D eigenvalue weighted by molar-refractivity contribution is -0.135. The van der Waals surface area contributed by atoms with Crippen molar-refractivity contribution in [3.63, 3.8) is 0 Å². The van der Waals surface area contributed by atoms with Crippen LogP contribution in [0.1, 0.15) is 26.0 Å². The fourth-order valence-electron chi connectivity index (χ4n) is 1.65. The summed E-state index contributed by atoms with van der Waals surface area (Å²) in [5.41, 5.74) is 0. The first-order chi connectivity index (χ1) is 8.67. The lowest BCUT2D eigenvalue weighted by Gasteiger charge is -2.19. The molecule has 1 aromatic rings. The van der Waals surface area contributed by atoms with Crippen LogP contribution in [-0.2, 0) is 16.0 Å². The van der Waals surface area contributed by atoms with E-state index < -0.39 is 0 Å². The molecule has 0 aliphatic carbocycles. The Morgan fingerprint density at radius 1 is 1.39 bits per heavy atom. The topological polar surface area (TPSA) is 62.6 Å². The van der Waals surface area contributed by atoms with Crippen molar-refractivity contribution in [1.82, 2.24) is 10.2 Å². The number of hydrogen-bond donors (Lipinski definition) is 1. The van der Waals surface area contributed by atoms with Crippen LogP contribution in [0.15, 0.2) is 22.8 Å². The van der Waals surface area contributed by atoms with Gasteiger partial charge < -0.3 is 14.6 Å². The summed E-state index contributed by atoms with van der Waals surface area (Å²) in [6, 6.07) is 3.64. The van der Waals surface area contributed by atoms with Gasteiger partial charge in [0, 0.05) is 25.9 Å². The van der Waals surface area contributed by atoms with Crippen LogP contribution in [0.2, 0.25) is 0 Å². The van der Waals surface area contributed by atoms with Crippen molar-refractivity contribution in [3.05, 3.63) is 24.2 Å². The van der Waals surface area contributed by atoms with Crippen molar-refractivity contribution < 1.29 is 14.0 Å². The molecule has 0 bridgehead atoms. The summed E-state index contributed by atoms with van der Waals surface area (Å²) in [4.78, 5) is 24.9. The second-order valence-electron chi connectivity index (χ2n) is 3.94. The Labute approximate surface area is 107 Å². The quantitative estimate of drug-likeness (QED) is 0.793. The Kier molecular flexibility index (Phi) is 5.97. The van der Waals surface area contributed by atoms with Gasteiger partial charge >= 0.3 is 0 Å². The molecule has 2 amide bonds. The molecule has 100 valence electrons. The predicted octanol–water partition coefficient (Wildman–Crippen LogP) is 1.20. The summed E-state index contributed by atoms with van der Waals surface area (Å²) in [6.07, 6.45) is 2.52. The van der Waals surface area contributed by atoms with E-state index >= 15 is 0 Å². The van der Waals surface area contributed by atoms with Gasteiger partial charge in [-0.1, -0.05) is 0 Å². The Hall–Kier alpha value is -1.78. The molecular weight excluding hydrogens is 232 g/mol. The van der Waals surface area contributed by atoms with Gasteiger partial charge in [0.15, 0.2) is 0 Å². The van der Waals surface area contributed by atoms with Gasteiger partial charge in [-0.25, -0.2) is 0 Å². The van der Waals surface area contributed by atoms with Gasteiger partial charge in [0.1, 0.15) is 5.76 Å². The summed E-state index contributed by atoms with van der Waals surface area (Å²) < 4.78 is 5.17. The Balaban J connectivity index is 2.39. The molecule has 0 spiro atoms. The van der Waals surface area contributed by atoms with Crippen LogP contribution in [0.3, 0.4) is 0 Å². The third-order valence-electron chi connectivity index (χ3n) is 2.61. The first-order valence-electron chi connectivity index (χ1n) is 6.24. The molecule has 0 aliphatic heterocycles. The van der Waals surface area contributed by atoms with Crippen LogP contribution < -0.4 is 5.32 Å². The molecule has 5 heteroatoms. The Bertz CT molecular complexity index is 374. The highest BCUT2D eigenvalue weighted by Gasteiger charge is 2.15. The number of furan rings is 1. The fourth-order valence-corrected chi connectivity index (χ4v) is 1.65. The van der Waals surface area contributed by atoms with Crippen molar-refractivity contribution in [3.8, 4) is 0 Å². The standard InChI is InChI=1S/C13H20N2O3/c1-3-14-12(16)10-15(4-2)13(17)8-7-11-6-5-9-18-11/h5-6,9H,3-4,7-8,10H2,1-2H3,(H,14,16). The van der Waals surface area contributed by atoms with Crippen LogP contribution in [0.5, 0.6) is 0 Å². The average Bonchev–Trinajstić information content (AvgIpc) is 2.86. The van der Waals surface area contributed by atoms with Crippen LogP contribution in [0.4, 0.5) is 0 Å². The van der Waals surface area contributed by atoms with Crippen molar-refractivity contribution in [2.45, 2.75) is 26.7 Å². The summed E-state index contributed by atoms with van der Waals surface area (Å²) in [5, 5.41) is 2.68. The molecule has 1 aromatic heterocycles. The molecule has 5 nitrogen and oxygen atoms in total. The van der Waals surface area contributed by atoms with E-state index in [0.717, 1.165) is 5.76 Å². The summed E-state index contributed by atoms with van der Waals surface area (Å²) in [5.74, 6) is 0.642. The van der Waals surface area contributed by atoms with Crippen molar-refractivity contribution in [2.24, 2.45) is 0 Å². The highest BCUT2D eigenvalue weighted by Crippen LogP contribution is 2.05. The molecule has 1 heterocycles. The van der Waals surface area contributed by atoms with E-state index in [1.165, 1.54) is 0 Å². The smallest absolute Gasteiger partial charge is 0.239 e. The maximum Gasteiger partial charge on any atom is 0.239 e. The fraction of sp³-hybridized carbons (Fsp3) is 0.538. The molecule has 0 aromatic carbocycles. The number of nitrogens with zero attached hydrogens (tertiary/aromatic N) is 1.